The Balaban J connectivity index is 2.33. The number of hydrogen-bond donors (Lipinski definition) is 0. The fraction of sp³-hybridized carbons (Fsp3) is 0.280. The fourth-order valence-corrected chi connectivity index (χ4v) is 3.87. The Bertz CT molecular complexity index is 1160. The van der Waals surface area contributed by atoms with Crippen molar-refractivity contribution < 1.29 is 14.3 Å². The molecule has 0 fully saturated rings. The van der Waals surface area contributed by atoms with Gasteiger partial charge in [-0.05, 0) is 25.5 Å². The van der Waals surface area contributed by atoms with Crippen molar-refractivity contribution in [1.29, 1.82) is 0 Å². The van der Waals surface area contributed by atoms with Gasteiger partial charge in [-0.25, -0.2) is 4.79 Å². The van der Waals surface area contributed by atoms with Gasteiger partial charge in [0.15, 0.2) is 6.29 Å². The number of carbonyl (C=O) groups excluding carboxylic acids is 2. The smallest absolute Gasteiger partial charge is 0.355 e. The molecular weight excluding hydrogens is 390 g/mol. The molecule has 0 spiro atoms. The summed E-state index contributed by atoms with van der Waals surface area (Å²) in [6, 6.07) is 13.8. The number of fused-ring (bicyclic) bond motifs is 1. The predicted molar refractivity (Wildman–Crippen MR) is 124 cm³/mol. The molecule has 0 atom stereocenters. The normalized spacial score (nSPS) is 11.1. The molecule has 0 aliphatic rings. The highest BCUT2D eigenvalue weighted by Gasteiger charge is 2.25. The van der Waals surface area contributed by atoms with Crippen molar-refractivity contribution >= 4 is 31.2 Å². The van der Waals surface area contributed by atoms with Crippen LogP contribution in [-0.4, -0.2) is 31.5 Å². The van der Waals surface area contributed by atoms with Gasteiger partial charge >= 0.3 is 5.97 Å². The van der Waals surface area contributed by atoms with Crippen molar-refractivity contribution in [1.82, 2.24) is 4.57 Å². The standard InChI is InChI=1S/C25H27NO3Si/c1-6-29-25(28)24-22(17-27)21-9-7-8-20(14-15-30(3,4)5)23(21)26(24)16-19-12-10-18(2)11-13-19/h7-13,17H,6,16H2,1-5H3. The van der Waals surface area contributed by atoms with Gasteiger partial charge in [0.25, 0.3) is 0 Å². The molecule has 3 aromatic rings. The Labute approximate surface area is 178 Å². The van der Waals surface area contributed by atoms with Crippen molar-refractivity contribution in [3.8, 4) is 11.5 Å². The zero-order valence-corrected chi connectivity index (χ0v) is 19.2. The van der Waals surface area contributed by atoms with Crippen LogP contribution in [0, 0.1) is 18.4 Å². The van der Waals surface area contributed by atoms with Crippen LogP contribution in [0.4, 0.5) is 0 Å². The minimum absolute atomic E-state index is 0.242. The van der Waals surface area contributed by atoms with E-state index in [1.54, 1.807) is 6.92 Å². The van der Waals surface area contributed by atoms with Crippen molar-refractivity contribution in [3.63, 3.8) is 0 Å². The van der Waals surface area contributed by atoms with E-state index in [1.807, 2.05) is 54.0 Å². The maximum Gasteiger partial charge on any atom is 0.355 e. The molecule has 0 aliphatic heterocycles. The number of aldehydes is 1. The first-order chi connectivity index (χ1) is 14.2. The minimum atomic E-state index is -1.61. The molecule has 0 radical (unpaired) electrons. The Morgan fingerprint density at radius 2 is 1.83 bits per heavy atom. The van der Waals surface area contributed by atoms with E-state index >= 15 is 0 Å². The van der Waals surface area contributed by atoms with Crippen molar-refractivity contribution in [2.45, 2.75) is 40.0 Å². The maximum atomic E-state index is 12.9. The SMILES string of the molecule is CCOC(=O)c1c(C=O)c2cccc(C#C[Si](C)(C)C)c2n1Cc1ccc(C)cc1. The molecule has 0 N–H and O–H groups in total. The van der Waals surface area contributed by atoms with Gasteiger partial charge in [0.05, 0.1) is 17.7 Å². The van der Waals surface area contributed by atoms with Crippen molar-refractivity contribution in [2.75, 3.05) is 6.61 Å². The Morgan fingerprint density at radius 3 is 2.43 bits per heavy atom. The topological polar surface area (TPSA) is 48.3 Å². The zero-order valence-electron chi connectivity index (χ0n) is 18.2. The van der Waals surface area contributed by atoms with E-state index in [-0.39, 0.29) is 12.3 Å². The highest BCUT2D eigenvalue weighted by atomic mass is 28.3. The Hall–Kier alpha value is -3.10. The highest BCUT2D eigenvalue weighted by molar-refractivity contribution is 6.83. The summed E-state index contributed by atoms with van der Waals surface area (Å²) in [5.74, 6) is 2.83. The molecule has 0 bridgehead atoms. The van der Waals surface area contributed by atoms with Crippen molar-refractivity contribution in [2.24, 2.45) is 0 Å². The van der Waals surface area contributed by atoms with Crippen LogP contribution in [-0.2, 0) is 11.3 Å². The number of rotatable bonds is 5. The second kappa shape index (κ2) is 8.72. The van der Waals surface area contributed by atoms with Gasteiger partial charge < -0.3 is 9.30 Å². The van der Waals surface area contributed by atoms with Gasteiger partial charge in [-0.15, -0.1) is 5.54 Å². The van der Waals surface area contributed by atoms with Gasteiger partial charge in [0, 0.05) is 17.5 Å². The monoisotopic (exact) mass is 417 g/mol. The Morgan fingerprint density at radius 1 is 1.13 bits per heavy atom. The number of ether oxygens (including phenoxy) is 1. The average molecular weight is 418 g/mol. The number of para-hydroxylation sites is 1. The molecule has 3 rings (SSSR count). The van der Waals surface area contributed by atoms with Crippen LogP contribution in [0.15, 0.2) is 42.5 Å². The van der Waals surface area contributed by atoms with E-state index in [2.05, 4.69) is 31.1 Å². The average Bonchev–Trinajstić information content (AvgIpc) is 3.01. The fourth-order valence-electron chi connectivity index (χ4n) is 3.37. The largest absolute Gasteiger partial charge is 0.461 e. The van der Waals surface area contributed by atoms with E-state index in [1.165, 1.54) is 0 Å². The van der Waals surface area contributed by atoms with Crippen LogP contribution in [0.2, 0.25) is 19.6 Å². The van der Waals surface area contributed by atoms with E-state index < -0.39 is 14.0 Å². The van der Waals surface area contributed by atoms with Crippen molar-refractivity contribution in [3.05, 3.63) is 70.4 Å². The summed E-state index contributed by atoms with van der Waals surface area (Å²) in [6.45, 7) is 11.0. The molecule has 1 heterocycles. The second-order valence-corrected chi connectivity index (χ2v) is 13.1. The number of nitrogens with zero attached hydrogens (tertiary/aromatic N) is 1. The summed E-state index contributed by atoms with van der Waals surface area (Å²) in [5, 5.41) is 0.725. The summed E-state index contributed by atoms with van der Waals surface area (Å²) < 4.78 is 7.19. The third kappa shape index (κ3) is 4.55. The van der Waals surface area contributed by atoms with Crippen LogP contribution in [0.5, 0.6) is 0 Å². The number of benzene rings is 2. The molecule has 0 amide bonds. The Kier molecular flexibility index (Phi) is 6.28. The molecule has 154 valence electrons. The van der Waals surface area contributed by atoms with Crippen LogP contribution in [0.3, 0.4) is 0 Å². The van der Waals surface area contributed by atoms with E-state index in [9.17, 15) is 9.59 Å². The summed E-state index contributed by atoms with van der Waals surface area (Å²) in [7, 11) is -1.61. The van der Waals surface area contributed by atoms with Crippen LogP contribution >= 0.6 is 0 Å². The first kappa shape index (κ1) is 21.6. The minimum Gasteiger partial charge on any atom is -0.461 e. The van der Waals surface area contributed by atoms with E-state index in [0.29, 0.717) is 12.1 Å². The predicted octanol–water partition coefficient (Wildman–Crippen LogP) is 5.22. The molecule has 0 aliphatic carbocycles. The molecule has 5 heteroatoms. The van der Waals surface area contributed by atoms with Gasteiger partial charge in [-0.1, -0.05) is 67.5 Å². The number of aromatic nitrogens is 1. The first-order valence-electron chi connectivity index (χ1n) is 10.1. The maximum absolute atomic E-state index is 12.9. The summed E-state index contributed by atoms with van der Waals surface area (Å²) >= 11 is 0. The number of aryl methyl sites for hydroxylation is 1. The first-order valence-corrected chi connectivity index (χ1v) is 13.6. The number of carbonyl (C=O) groups is 2. The van der Waals surface area contributed by atoms with E-state index in [4.69, 9.17) is 4.74 Å². The third-order valence-electron chi connectivity index (χ3n) is 4.74. The molecule has 1 aromatic heterocycles. The summed E-state index contributed by atoms with van der Waals surface area (Å²) in [4.78, 5) is 24.9. The van der Waals surface area contributed by atoms with E-state index in [0.717, 1.165) is 33.9 Å². The molecule has 0 saturated heterocycles. The third-order valence-corrected chi connectivity index (χ3v) is 5.62. The molecular formula is C25H27NO3Si. The molecule has 4 nitrogen and oxygen atoms in total. The molecule has 2 aromatic carbocycles. The molecule has 30 heavy (non-hydrogen) atoms. The highest BCUT2D eigenvalue weighted by Crippen LogP contribution is 2.29. The van der Waals surface area contributed by atoms with Crippen LogP contribution in [0.1, 0.15) is 44.5 Å². The summed E-state index contributed by atoms with van der Waals surface area (Å²) in [5.41, 5.74) is 7.86. The van der Waals surface area contributed by atoms with Gasteiger partial charge in [-0.2, -0.15) is 0 Å². The van der Waals surface area contributed by atoms with Crippen LogP contribution in [0.25, 0.3) is 10.9 Å². The molecule has 0 unspecified atom stereocenters. The zero-order chi connectivity index (χ0) is 21.9. The lowest BCUT2D eigenvalue weighted by Gasteiger charge is -2.12. The molecule has 0 saturated carbocycles. The van der Waals surface area contributed by atoms with Crippen LogP contribution < -0.4 is 0 Å². The lowest BCUT2D eigenvalue weighted by Crippen LogP contribution is -2.16. The lowest BCUT2D eigenvalue weighted by atomic mass is 10.1. The lowest BCUT2D eigenvalue weighted by molar-refractivity contribution is 0.0512. The van der Waals surface area contributed by atoms with Gasteiger partial charge in [0.2, 0.25) is 0 Å². The van der Waals surface area contributed by atoms with Gasteiger partial charge in [-0.3, -0.25) is 4.79 Å². The number of esters is 1. The second-order valence-electron chi connectivity index (χ2n) is 8.37. The van der Waals surface area contributed by atoms with Gasteiger partial charge in [0.1, 0.15) is 13.8 Å². The summed E-state index contributed by atoms with van der Waals surface area (Å²) in [6.07, 6.45) is 0.746. The number of hydrogen-bond acceptors (Lipinski definition) is 3. The quantitative estimate of drug-likeness (QED) is 0.248.